The van der Waals surface area contributed by atoms with E-state index in [-0.39, 0.29) is 17.4 Å². The number of aryl methyl sites for hydroxylation is 1. The Labute approximate surface area is 168 Å². The topological polar surface area (TPSA) is 107 Å². The maximum absolute atomic E-state index is 12.8. The van der Waals surface area contributed by atoms with E-state index in [1.807, 2.05) is 0 Å². The number of hydrogen-bond acceptors (Lipinski definition) is 7. The fourth-order valence-electron chi connectivity index (χ4n) is 2.65. The van der Waals surface area contributed by atoms with E-state index in [1.54, 1.807) is 37.3 Å². The van der Waals surface area contributed by atoms with E-state index in [9.17, 15) is 13.2 Å². The third kappa shape index (κ3) is 4.66. The summed E-state index contributed by atoms with van der Waals surface area (Å²) in [5, 5.41) is 3.86. The molecule has 1 N–H and O–H groups in total. The Kier molecular flexibility index (Phi) is 6.04. The van der Waals surface area contributed by atoms with Crippen molar-refractivity contribution in [2.45, 2.75) is 11.8 Å². The number of methoxy groups -OCH3 is 1. The molecule has 2 aromatic carbocycles. The van der Waals surface area contributed by atoms with Crippen molar-refractivity contribution in [3.63, 3.8) is 0 Å². The molecule has 0 spiro atoms. The molecule has 0 aliphatic carbocycles. The Morgan fingerprint density at radius 3 is 2.76 bits per heavy atom. The van der Waals surface area contributed by atoms with Gasteiger partial charge in [-0.05, 0) is 48.4 Å². The van der Waals surface area contributed by atoms with Crippen LogP contribution in [0.15, 0.2) is 46.4 Å². The standard InChI is InChI=1S/C19H21N3O6S/c1-13-4-6-16(26-3)18(8-13)29(24,25)22(2)11-19(23)21-20-10-14-5-7-15-17(9-14)28-12-27-15/h4-10H,11-12H2,1-3H3,(H,21,23)/b20-10+. The maximum Gasteiger partial charge on any atom is 0.255 e. The molecule has 2 aromatic rings. The summed E-state index contributed by atoms with van der Waals surface area (Å²) in [6, 6.07) is 10.0. The zero-order valence-electron chi connectivity index (χ0n) is 16.2. The third-order valence-electron chi connectivity index (χ3n) is 4.17. The minimum Gasteiger partial charge on any atom is -0.495 e. The number of rotatable bonds is 7. The van der Waals surface area contributed by atoms with Gasteiger partial charge >= 0.3 is 0 Å². The monoisotopic (exact) mass is 419 g/mol. The number of fused-ring (bicyclic) bond motifs is 1. The second-order valence-electron chi connectivity index (χ2n) is 6.32. The summed E-state index contributed by atoms with van der Waals surface area (Å²) in [6.07, 6.45) is 1.43. The number of nitrogens with one attached hydrogen (secondary N) is 1. The van der Waals surface area contributed by atoms with Crippen LogP contribution in [0.5, 0.6) is 17.2 Å². The first kappa shape index (κ1) is 20.6. The minimum absolute atomic E-state index is 0.000777. The van der Waals surface area contributed by atoms with E-state index < -0.39 is 22.5 Å². The lowest BCUT2D eigenvalue weighted by Gasteiger charge is -2.18. The van der Waals surface area contributed by atoms with Gasteiger partial charge in [0.05, 0.1) is 19.9 Å². The normalized spacial score (nSPS) is 13.1. The van der Waals surface area contributed by atoms with Crippen LogP contribution in [0, 0.1) is 6.92 Å². The number of carbonyl (C=O) groups excluding carboxylic acids is 1. The number of hydrogen-bond donors (Lipinski definition) is 1. The lowest BCUT2D eigenvalue weighted by atomic mass is 10.2. The Bertz CT molecular complexity index is 1050. The van der Waals surface area contributed by atoms with E-state index in [2.05, 4.69) is 10.5 Å². The van der Waals surface area contributed by atoms with Crippen molar-refractivity contribution in [3.05, 3.63) is 47.5 Å². The first-order valence-electron chi connectivity index (χ1n) is 8.64. The number of likely N-dealkylation sites (N-methyl/N-ethyl adjacent to an activating group) is 1. The molecule has 0 unspecified atom stereocenters. The number of ether oxygens (including phenoxy) is 3. The smallest absolute Gasteiger partial charge is 0.255 e. The highest BCUT2D eigenvalue weighted by atomic mass is 32.2. The molecule has 1 amide bonds. The summed E-state index contributed by atoms with van der Waals surface area (Å²) in [5.74, 6) is 0.867. The third-order valence-corrected chi connectivity index (χ3v) is 6.00. The van der Waals surface area contributed by atoms with Crippen molar-refractivity contribution in [1.29, 1.82) is 0 Å². The average Bonchev–Trinajstić information content (AvgIpc) is 3.15. The molecule has 1 aliphatic heterocycles. The van der Waals surface area contributed by atoms with Gasteiger partial charge in [-0.2, -0.15) is 9.41 Å². The average molecular weight is 419 g/mol. The number of amides is 1. The quantitative estimate of drug-likeness (QED) is 0.539. The molecule has 0 aromatic heterocycles. The molecule has 0 atom stereocenters. The van der Waals surface area contributed by atoms with Crippen LogP contribution in [0.2, 0.25) is 0 Å². The van der Waals surface area contributed by atoms with E-state index in [0.717, 1.165) is 9.87 Å². The van der Waals surface area contributed by atoms with Crippen molar-refractivity contribution in [1.82, 2.24) is 9.73 Å². The van der Waals surface area contributed by atoms with Crippen LogP contribution in [-0.4, -0.2) is 52.3 Å². The van der Waals surface area contributed by atoms with Crippen LogP contribution in [-0.2, 0) is 14.8 Å². The fourth-order valence-corrected chi connectivity index (χ4v) is 4.01. The molecular formula is C19H21N3O6S. The summed E-state index contributed by atoms with van der Waals surface area (Å²) >= 11 is 0. The Hall–Kier alpha value is -3.11. The predicted octanol–water partition coefficient (Wildman–Crippen LogP) is 1.50. The van der Waals surface area contributed by atoms with Crippen molar-refractivity contribution < 1.29 is 27.4 Å². The molecule has 0 bridgehead atoms. The molecule has 10 heteroatoms. The highest BCUT2D eigenvalue weighted by molar-refractivity contribution is 7.89. The van der Waals surface area contributed by atoms with Crippen LogP contribution in [0.1, 0.15) is 11.1 Å². The molecule has 0 fully saturated rings. The first-order valence-corrected chi connectivity index (χ1v) is 10.1. The van der Waals surface area contributed by atoms with Crippen LogP contribution < -0.4 is 19.6 Å². The number of hydrazone groups is 1. The molecular weight excluding hydrogens is 398 g/mol. The summed E-state index contributed by atoms with van der Waals surface area (Å²) in [4.78, 5) is 12.1. The zero-order valence-corrected chi connectivity index (χ0v) is 17.0. The lowest BCUT2D eigenvalue weighted by molar-refractivity contribution is -0.121. The van der Waals surface area contributed by atoms with Gasteiger partial charge in [0.25, 0.3) is 5.91 Å². The summed E-state index contributed by atoms with van der Waals surface area (Å²) < 4.78 is 42.2. The summed E-state index contributed by atoms with van der Waals surface area (Å²) in [7, 11) is -1.21. The summed E-state index contributed by atoms with van der Waals surface area (Å²) in [5.41, 5.74) is 3.77. The molecule has 9 nitrogen and oxygen atoms in total. The zero-order chi connectivity index (χ0) is 21.0. The number of nitrogens with zero attached hydrogens (tertiary/aromatic N) is 2. The van der Waals surface area contributed by atoms with E-state index in [4.69, 9.17) is 14.2 Å². The second kappa shape index (κ2) is 8.50. The van der Waals surface area contributed by atoms with E-state index >= 15 is 0 Å². The van der Waals surface area contributed by atoms with Crippen LogP contribution in [0.3, 0.4) is 0 Å². The molecule has 154 valence electrons. The van der Waals surface area contributed by atoms with Crippen LogP contribution >= 0.6 is 0 Å². The predicted molar refractivity (Wildman–Crippen MR) is 106 cm³/mol. The Balaban J connectivity index is 1.63. The Morgan fingerprint density at radius 2 is 2.00 bits per heavy atom. The molecule has 29 heavy (non-hydrogen) atoms. The second-order valence-corrected chi connectivity index (χ2v) is 8.33. The molecule has 1 aliphatic rings. The van der Waals surface area contributed by atoms with Gasteiger partial charge in [0, 0.05) is 7.05 Å². The van der Waals surface area contributed by atoms with Crippen molar-refractivity contribution in [2.24, 2.45) is 5.10 Å². The van der Waals surface area contributed by atoms with Crippen molar-refractivity contribution in [3.8, 4) is 17.2 Å². The van der Waals surface area contributed by atoms with Crippen molar-refractivity contribution >= 4 is 22.1 Å². The lowest BCUT2D eigenvalue weighted by Crippen LogP contribution is -2.36. The number of benzene rings is 2. The summed E-state index contributed by atoms with van der Waals surface area (Å²) in [6.45, 7) is 1.53. The van der Waals surface area contributed by atoms with Gasteiger partial charge in [0.15, 0.2) is 11.5 Å². The largest absolute Gasteiger partial charge is 0.495 e. The van der Waals surface area contributed by atoms with Gasteiger partial charge in [-0.25, -0.2) is 13.8 Å². The molecule has 0 saturated heterocycles. The highest BCUT2D eigenvalue weighted by Gasteiger charge is 2.26. The highest BCUT2D eigenvalue weighted by Crippen LogP contribution is 2.32. The number of sulfonamides is 1. The number of carbonyl (C=O) groups is 1. The van der Waals surface area contributed by atoms with Crippen molar-refractivity contribution in [2.75, 3.05) is 27.5 Å². The SMILES string of the molecule is COc1ccc(C)cc1S(=O)(=O)N(C)CC(=O)N/N=C/c1ccc2c(c1)OCO2. The Morgan fingerprint density at radius 1 is 1.24 bits per heavy atom. The maximum atomic E-state index is 12.8. The fraction of sp³-hybridized carbons (Fsp3) is 0.263. The van der Waals surface area contributed by atoms with Gasteiger partial charge < -0.3 is 14.2 Å². The van der Waals surface area contributed by atoms with E-state index in [1.165, 1.54) is 26.4 Å². The first-order chi connectivity index (χ1) is 13.8. The molecule has 0 saturated carbocycles. The van der Waals surface area contributed by atoms with Gasteiger partial charge in [0.2, 0.25) is 16.8 Å². The van der Waals surface area contributed by atoms with Crippen LogP contribution in [0.4, 0.5) is 0 Å². The minimum atomic E-state index is -3.92. The van der Waals surface area contributed by atoms with Gasteiger partial charge in [-0.15, -0.1) is 0 Å². The molecule has 0 radical (unpaired) electrons. The molecule has 1 heterocycles. The van der Waals surface area contributed by atoms with Gasteiger partial charge in [-0.3, -0.25) is 4.79 Å². The van der Waals surface area contributed by atoms with Gasteiger partial charge in [-0.1, -0.05) is 6.07 Å². The van der Waals surface area contributed by atoms with Crippen LogP contribution in [0.25, 0.3) is 0 Å². The van der Waals surface area contributed by atoms with E-state index in [0.29, 0.717) is 17.1 Å². The molecule has 3 rings (SSSR count). The van der Waals surface area contributed by atoms with Gasteiger partial charge in [0.1, 0.15) is 10.6 Å².